The molecule has 0 radical (unpaired) electrons. The molecular weight excluding hydrogens is 361 g/mol. The first-order chi connectivity index (χ1) is 9.59. The van der Waals surface area contributed by atoms with Crippen LogP contribution >= 0.6 is 22.6 Å². The van der Waals surface area contributed by atoms with Crippen molar-refractivity contribution in [2.24, 2.45) is 5.92 Å². The van der Waals surface area contributed by atoms with Crippen molar-refractivity contribution in [1.82, 2.24) is 5.32 Å². The SMILES string of the molecule is CC(C)C(NC(=O)c1ccccc1I)c1ccccc1. The van der Waals surface area contributed by atoms with Crippen molar-refractivity contribution in [3.63, 3.8) is 0 Å². The van der Waals surface area contributed by atoms with Gasteiger partial charge in [-0.15, -0.1) is 0 Å². The number of carbonyl (C=O) groups is 1. The zero-order valence-electron chi connectivity index (χ0n) is 11.6. The maximum Gasteiger partial charge on any atom is 0.252 e. The van der Waals surface area contributed by atoms with E-state index in [2.05, 4.69) is 53.9 Å². The van der Waals surface area contributed by atoms with Gasteiger partial charge in [0.05, 0.1) is 11.6 Å². The Morgan fingerprint density at radius 1 is 1.00 bits per heavy atom. The number of hydrogen-bond donors (Lipinski definition) is 1. The number of nitrogens with one attached hydrogen (secondary N) is 1. The van der Waals surface area contributed by atoms with E-state index in [1.54, 1.807) is 0 Å². The molecule has 2 nitrogen and oxygen atoms in total. The van der Waals surface area contributed by atoms with Crippen LogP contribution in [0.25, 0.3) is 0 Å². The second kappa shape index (κ2) is 6.88. The van der Waals surface area contributed by atoms with Gasteiger partial charge in [-0.2, -0.15) is 0 Å². The second-order valence-corrected chi connectivity index (χ2v) is 6.25. The molecule has 0 aromatic heterocycles. The average molecular weight is 379 g/mol. The molecule has 1 unspecified atom stereocenters. The van der Waals surface area contributed by atoms with Crippen LogP contribution < -0.4 is 5.32 Å². The van der Waals surface area contributed by atoms with Gasteiger partial charge in [0.25, 0.3) is 5.91 Å². The van der Waals surface area contributed by atoms with E-state index in [1.165, 1.54) is 0 Å². The normalized spacial score (nSPS) is 12.2. The van der Waals surface area contributed by atoms with Crippen LogP contribution in [0.1, 0.15) is 35.8 Å². The Kier molecular flexibility index (Phi) is 5.17. The van der Waals surface area contributed by atoms with Crippen molar-refractivity contribution in [3.05, 3.63) is 69.3 Å². The van der Waals surface area contributed by atoms with Gasteiger partial charge in [0.15, 0.2) is 0 Å². The van der Waals surface area contributed by atoms with Crippen LogP contribution in [0.5, 0.6) is 0 Å². The fourth-order valence-electron chi connectivity index (χ4n) is 2.16. The summed E-state index contributed by atoms with van der Waals surface area (Å²) in [7, 11) is 0. The summed E-state index contributed by atoms with van der Waals surface area (Å²) in [6.07, 6.45) is 0. The van der Waals surface area contributed by atoms with Crippen LogP contribution in [0, 0.1) is 9.49 Å². The first-order valence-electron chi connectivity index (χ1n) is 6.70. The Morgan fingerprint density at radius 2 is 1.60 bits per heavy atom. The van der Waals surface area contributed by atoms with Crippen molar-refractivity contribution in [2.45, 2.75) is 19.9 Å². The van der Waals surface area contributed by atoms with Gasteiger partial charge in [-0.05, 0) is 46.2 Å². The van der Waals surface area contributed by atoms with Crippen molar-refractivity contribution in [3.8, 4) is 0 Å². The van der Waals surface area contributed by atoms with E-state index < -0.39 is 0 Å². The zero-order valence-corrected chi connectivity index (χ0v) is 13.8. The van der Waals surface area contributed by atoms with Gasteiger partial charge in [0.1, 0.15) is 0 Å². The van der Waals surface area contributed by atoms with E-state index in [0.29, 0.717) is 5.92 Å². The van der Waals surface area contributed by atoms with Gasteiger partial charge in [-0.3, -0.25) is 4.79 Å². The molecule has 0 aliphatic heterocycles. The maximum absolute atomic E-state index is 12.4. The average Bonchev–Trinajstić information content (AvgIpc) is 2.45. The first kappa shape index (κ1) is 15.0. The third-order valence-electron chi connectivity index (χ3n) is 3.23. The van der Waals surface area contributed by atoms with Gasteiger partial charge >= 0.3 is 0 Å². The fraction of sp³-hybridized carbons (Fsp3) is 0.235. The largest absolute Gasteiger partial charge is 0.345 e. The molecule has 1 amide bonds. The summed E-state index contributed by atoms with van der Waals surface area (Å²) >= 11 is 2.19. The predicted octanol–water partition coefficient (Wildman–Crippen LogP) is 4.42. The van der Waals surface area contributed by atoms with E-state index >= 15 is 0 Å². The molecular formula is C17H18INO. The maximum atomic E-state index is 12.4. The van der Waals surface area contributed by atoms with Crippen molar-refractivity contribution in [1.29, 1.82) is 0 Å². The lowest BCUT2D eigenvalue weighted by atomic mass is 9.95. The minimum absolute atomic E-state index is 0.0162. The Labute approximate surface area is 133 Å². The van der Waals surface area contributed by atoms with E-state index in [9.17, 15) is 4.79 Å². The summed E-state index contributed by atoms with van der Waals surface area (Å²) in [5.41, 5.74) is 1.87. The van der Waals surface area contributed by atoms with Gasteiger partial charge in [-0.25, -0.2) is 0 Å². The Hall–Kier alpha value is -1.36. The third-order valence-corrected chi connectivity index (χ3v) is 4.17. The Morgan fingerprint density at radius 3 is 2.20 bits per heavy atom. The highest BCUT2D eigenvalue weighted by molar-refractivity contribution is 14.1. The molecule has 0 spiro atoms. The van der Waals surface area contributed by atoms with Crippen LogP contribution in [0.4, 0.5) is 0 Å². The molecule has 0 heterocycles. The van der Waals surface area contributed by atoms with Gasteiger partial charge in [0.2, 0.25) is 0 Å². The lowest BCUT2D eigenvalue weighted by Crippen LogP contribution is -2.32. The molecule has 2 rings (SSSR count). The predicted molar refractivity (Wildman–Crippen MR) is 90.6 cm³/mol. The molecule has 0 saturated heterocycles. The molecule has 3 heteroatoms. The molecule has 2 aromatic carbocycles. The van der Waals surface area contributed by atoms with Crippen LogP contribution in [-0.2, 0) is 0 Å². The van der Waals surface area contributed by atoms with Crippen LogP contribution in [0.3, 0.4) is 0 Å². The van der Waals surface area contributed by atoms with Crippen LogP contribution in [0.2, 0.25) is 0 Å². The van der Waals surface area contributed by atoms with E-state index in [1.807, 2.05) is 42.5 Å². The van der Waals surface area contributed by atoms with Crippen molar-refractivity contribution < 1.29 is 4.79 Å². The number of rotatable bonds is 4. The third kappa shape index (κ3) is 3.60. The lowest BCUT2D eigenvalue weighted by Gasteiger charge is -2.23. The Balaban J connectivity index is 2.22. The summed E-state index contributed by atoms with van der Waals surface area (Å²) in [6.45, 7) is 4.24. The molecule has 1 atom stereocenters. The van der Waals surface area contributed by atoms with Crippen LogP contribution in [0.15, 0.2) is 54.6 Å². The van der Waals surface area contributed by atoms with E-state index in [0.717, 1.165) is 14.7 Å². The van der Waals surface area contributed by atoms with Crippen molar-refractivity contribution in [2.75, 3.05) is 0 Å². The second-order valence-electron chi connectivity index (χ2n) is 5.09. The minimum atomic E-state index is -0.0162. The highest BCUT2D eigenvalue weighted by Gasteiger charge is 2.19. The molecule has 0 aliphatic rings. The molecule has 20 heavy (non-hydrogen) atoms. The summed E-state index contributed by atoms with van der Waals surface area (Å²) < 4.78 is 0.971. The topological polar surface area (TPSA) is 29.1 Å². The summed E-state index contributed by atoms with van der Waals surface area (Å²) in [5.74, 6) is 0.320. The molecule has 0 bridgehead atoms. The summed E-state index contributed by atoms with van der Waals surface area (Å²) in [4.78, 5) is 12.4. The number of benzene rings is 2. The highest BCUT2D eigenvalue weighted by Crippen LogP contribution is 2.22. The van der Waals surface area contributed by atoms with Crippen LogP contribution in [-0.4, -0.2) is 5.91 Å². The van der Waals surface area contributed by atoms with E-state index in [4.69, 9.17) is 0 Å². The highest BCUT2D eigenvalue weighted by atomic mass is 127. The summed E-state index contributed by atoms with van der Waals surface area (Å²) in [6, 6.07) is 17.8. The minimum Gasteiger partial charge on any atom is -0.345 e. The molecule has 0 aliphatic carbocycles. The zero-order chi connectivity index (χ0) is 14.5. The smallest absolute Gasteiger partial charge is 0.252 e. The van der Waals surface area contributed by atoms with E-state index in [-0.39, 0.29) is 11.9 Å². The monoisotopic (exact) mass is 379 g/mol. The van der Waals surface area contributed by atoms with Gasteiger partial charge < -0.3 is 5.32 Å². The quantitative estimate of drug-likeness (QED) is 0.783. The van der Waals surface area contributed by atoms with Crippen molar-refractivity contribution >= 4 is 28.5 Å². The molecule has 2 aromatic rings. The van der Waals surface area contributed by atoms with Gasteiger partial charge in [-0.1, -0.05) is 56.3 Å². The number of carbonyl (C=O) groups excluding carboxylic acids is 1. The molecule has 0 fully saturated rings. The lowest BCUT2D eigenvalue weighted by molar-refractivity contribution is 0.0924. The standard InChI is InChI=1S/C17H18INO/c1-12(2)16(13-8-4-3-5-9-13)19-17(20)14-10-6-7-11-15(14)18/h3-12,16H,1-2H3,(H,19,20). The number of hydrogen-bond acceptors (Lipinski definition) is 1. The fourth-order valence-corrected chi connectivity index (χ4v) is 2.79. The first-order valence-corrected chi connectivity index (χ1v) is 7.78. The summed E-state index contributed by atoms with van der Waals surface area (Å²) in [5, 5.41) is 3.15. The Bertz CT molecular complexity index is 581. The molecule has 1 N–H and O–H groups in total. The molecule has 104 valence electrons. The molecule has 0 saturated carbocycles. The number of amides is 1. The number of halogens is 1. The van der Waals surface area contributed by atoms with Gasteiger partial charge in [0, 0.05) is 3.57 Å².